The van der Waals surface area contributed by atoms with Crippen LogP contribution in [-0.4, -0.2) is 35.0 Å². The van der Waals surface area contributed by atoms with Crippen molar-refractivity contribution in [3.8, 4) is 0 Å². The van der Waals surface area contributed by atoms with Gasteiger partial charge in [0.25, 0.3) is 11.6 Å². The zero-order chi connectivity index (χ0) is 14.5. The SMILES string of the molecule is Cn1cc([N+](=O)[O-])cc1C(=O)NCCC1=CCNCC1. The molecule has 7 heteroatoms. The number of rotatable bonds is 5. The molecule has 0 aromatic carbocycles. The predicted molar refractivity (Wildman–Crippen MR) is 74.6 cm³/mol. The Kier molecular flexibility index (Phi) is 4.52. The van der Waals surface area contributed by atoms with Gasteiger partial charge in [-0.2, -0.15) is 0 Å². The van der Waals surface area contributed by atoms with Gasteiger partial charge < -0.3 is 15.2 Å². The van der Waals surface area contributed by atoms with Crippen LogP contribution in [0, 0.1) is 10.1 Å². The van der Waals surface area contributed by atoms with Crippen LogP contribution in [0.25, 0.3) is 0 Å². The van der Waals surface area contributed by atoms with E-state index < -0.39 is 4.92 Å². The number of nitrogens with one attached hydrogen (secondary N) is 2. The minimum atomic E-state index is -0.503. The molecule has 20 heavy (non-hydrogen) atoms. The summed E-state index contributed by atoms with van der Waals surface area (Å²) in [6.45, 7) is 2.40. The maximum absolute atomic E-state index is 12.0. The number of aryl methyl sites for hydroxylation is 1. The molecule has 0 fully saturated rings. The molecule has 0 bridgehead atoms. The molecule has 1 aromatic rings. The predicted octanol–water partition coefficient (Wildman–Crippen LogP) is 0.973. The van der Waals surface area contributed by atoms with E-state index >= 15 is 0 Å². The molecule has 0 unspecified atom stereocenters. The fraction of sp³-hybridized carbons (Fsp3) is 0.462. The van der Waals surface area contributed by atoms with Crippen LogP contribution in [0.15, 0.2) is 23.9 Å². The summed E-state index contributed by atoms with van der Waals surface area (Å²) < 4.78 is 1.47. The Morgan fingerprint density at radius 1 is 1.60 bits per heavy atom. The van der Waals surface area contributed by atoms with Crippen LogP contribution in [0.3, 0.4) is 0 Å². The molecule has 0 aliphatic carbocycles. The van der Waals surface area contributed by atoms with E-state index in [1.54, 1.807) is 7.05 Å². The third-order valence-electron chi connectivity index (χ3n) is 3.32. The summed E-state index contributed by atoms with van der Waals surface area (Å²) in [5.41, 5.74) is 1.57. The van der Waals surface area contributed by atoms with Crippen molar-refractivity contribution in [2.45, 2.75) is 12.8 Å². The Balaban J connectivity index is 1.88. The van der Waals surface area contributed by atoms with Crippen LogP contribution in [-0.2, 0) is 7.05 Å². The normalized spacial score (nSPS) is 14.8. The Hall–Kier alpha value is -2.15. The highest BCUT2D eigenvalue weighted by molar-refractivity contribution is 5.93. The summed E-state index contributed by atoms with van der Waals surface area (Å²) in [7, 11) is 1.62. The summed E-state index contributed by atoms with van der Waals surface area (Å²) in [5, 5.41) is 16.7. The number of hydrogen-bond donors (Lipinski definition) is 2. The lowest BCUT2D eigenvalue weighted by Crippen LogP contribution is -2.27. The number of carbonyl (C=O) groups is 1. The molecule has 0 saturated carbocycles. The monoisotopic (exact) mass is 278 g/mol. The molecule has 108 valence electrons. The molecular weight excluding hydrogens is 260 g/mol. The first-order valence-electron chi connectivity index (χ1n) is 6.55. The van der Waals surface area contributed by atoms with Crippen molar-refractivity contribution < 1.29 is 9.72 Å². The molecule has 2 rings (SSSR count). The lowest BCUT2D eigenvalue weighted by atomic mass is 10.1. The van der Waals surface area contributed by atoms with Crippen LogP contribution < -0.4 is 10.6 Å². The molecular formula is C13H18N4O3. The van der Waals surface area contributed by atoms with Gasteiger partial charge in [-0.1, -0.05) is 11.6 Å². The maximum Gasteiger partial charge on any atom is 0.287 e. The average molecular weight is 278 g/mol. The first-order valence-corrected chi connectivity index (χ1v) is 6.55. The minimum absolute atomic E-state index is 0.0706. The molecule has 2 heterocycles. The van der Waals surface area contributed by atoms with Gasteiger partial charge in [0.05, 0.1) is 11.1 Å². The average Bonchev–Trinajstić information content (AvgIpc) is 2.82. The zero-order valence-corrected chi connectivity index (χ0v) is 11.4. The second kappa shape index (κ2) is 6.33. The molecule has 0 radical (unpaired) electrons. The van der Waals surface area contributed by atoms with Gasteiger partial charge in [0.2, 0.25) is 0 Å². The quantitative estimate of drug-likeness (QED) is 0.477. The Morgan fingerprint density at radius 3 is 3.00 bits per heavy atom. The lowest BCUT2D eigenvalue weighted by Gasteiger charge is -2.14. The molecule has 0 atom stereocenters. The molecule has 1 aliphatic rings. The van der Waals surface area contributed by atoms with E-state index in [1.807, 2.05) is 0 Å². The Labute approximate surface area is 116 Å². The van der Waals surface area contributed by atoms with Gasteiger partial charge >= 0.3 is 0 Å². The zero-order valence-electron chi connectivity index (χ0n) is 11.4. The van der Waals surface area contributed by atoms with Crippen molar-refractivity contribution in [1.82, 2.24) is 15.2 Å². The van der Waals surface area contributed by atoms with Crippen molar-refractivity contribution in [2.75, 3.05) is 19.6 Å². The van der Waals surface area contributed by atoms with Gasteiger partial charge in [-0.05, 0) is 19.4 Å². The first-order chi connectivity index (χ1) is 9.58. The number of nitro groups is 1. The number of nitrogens with zero attached hydrogens (tertiary/aromatic N) is 2. The van der Waals surface area contributed by atoms with Crippen molar-refractivity contribution in [2.24, 2.45) is 7.05 Å². The number of aromatic nitrogens is 1. The summed E-state index contributed by atoms with van der Waals surface area (Å²) in [6.07, 6.45) is 5.30. The fourth-order valence-electron chi connectivity index (χ4n) is 2.20. The van der Waals surface area contributed by atoms with Crippen molar-refractivity contribution in [3.63, 3.8) is 0 Å². The largest absolute Gasteiger partial charge is 0.350 e. The first kappa shape index (κ1) is 14.3. The highest BCUT2D eigenvalue weighted by atomic mass is 16.6. The summed E-state index contributed by atoms with van der Waals surface area (Å²) in [6, 6.07) is 1.29. The van der Waals surface area contributed by atoms with E-state index in [9.17, 15) is 14.9 Å². The van der Waals surface area contributed by atoms with E-state index in [0.717, 1.165) is 25.9 Å². The Morgan fingerprint density at radius 2 is 2.40 bits per heavy atom. The Bertz CT molecular complexity index is 548. The van der Waals surface area contributed by atoms with Crippen LogP contribution in [0.5, 0.6) is 0 Å². The van der Waals surface area contributed by atoms with E-state index in [2.05, 4.69) is 16.7 Å². The second-order valence-corrected chi connectivity index (χ2v) is 4.77. The standard InChI is InChI=1S/C13H18N4O3/c1-16-9-11(17(19)20)8-12(16)13(18)15-7-4-10-2-5-14-6-3-10/h2,8-9,14H,3-7H2,1H3,(H,15,18). The van der Waals surface area contributed by atoms with Gasteiger partial charge in [-0.25, -0.2) is 0 Å². The third-order valence-corrected chi connectivity index (χ3v) is 3.32. The smallest absolute Gasteiger partial charge is 0.287 e. The third kappa shape index (κ3) is 3.45. The molecule has 7 nitrogen and oxygen atoms in total. The van der Waals surface area contributed by atoms with Crippen LogP contribution in [0.4, 0.5) is 5.69 Å². The second-order valence-electron chi connectivity index (χ2n) is 4.77. The van der Waals surface area contributed by atoms with Crippen molar-refractivity contribution in [1.29, 1.82) is 0 Å². The summed E-state index contributed by atoms with van der Waals surface area (Å²) >= 11 is 0. The van der Waals surface area contributed by atoms with Gasteiger partial charge in [-0.15, -0.1) is 0 Å². The van der Waals surface area contributed by atoms with E-state index in [4.69, 9.17) is 0 Å². The highest BCUT2D eigenvalue weighted by Gasteiger charge is 2.17. The van der Waals surface area contributed by atoms with Crippen LogP contribution in [0.1, 0.15) is 23.3 Å². The number of carbonyl (C=O) groups excluding carboxylic acids is 1. The molecule has 0 spiro atoms. The van der Waals surface area contributed by atoms with E-state index in [-0.39, 0.29) is 11.6 Å². The van der Waals surface area contributed by atoms with Crippen LogP contribution in [0.2, 0.25) is 0 Å². The molecule has 0 saturated heterocycles. The van der Waals surface area contributed by atoms with Crippen molar-refractivity contribution >= 4 is 11.6 Å². The van der Waals surface area contributed by atoms with Gasteiger partial charge in [0.1, 0.15) is 5.69 Å². The van der Waals surface area contributed by atoms with Gasteiger partial charge in [-0.3, -0.25) is 14.9 Å². The highest BCUT2D eigenvalue weighted by Crippen LogP contribution is 2.15. The molecule has 1 aliphatic heterocycles. The molecule has 1 aromatic heterocycles. The maximum atomic E-state index is 12.0. The number of amides is 1. The summed E-state index contributed by atoms with van der Waals surface area (Å²) in [5.74, 6) is -0.282. The fourth-order valence-corrected chi connectivity index (χ4v) is 2.20. The molecule has 1 amide bonds. The number of hydrogen-bond acceptors (Lipinski definition) is 4. The molecule has 2 N–H and O–H groups in total. The van der Waals surface area contributed by atoms with E-state index in [0.29, 0.717) is 12.2 Å². The summed E-state index contributed by atoms with van der Waals surface area (Å²) in [4.78, 5) is 22.1. The topological polar surface area (TPSA) is 89.2 Å². The van der Waals surface area contributed by atoms with Crippen molar-refractivity contribution in [3.05, 3.63) is 39.7 Å². The van der Waals surface area contributed by atoms with Gasteiger partial charge in [0.15, 0.2) is 0 Å². The lowest BCUT2D eigenvalue weighted by molar-refractivity contribution is -0.384. The minimum Gasteiger partial charge on any atom is -0.350 e. The van der Waals surface area contributed by atoms with Gasteiger partial charge in [0, 0.05) is 26.2 Å². The van der Waals surface area contributed by atoms with Crippen LogP contribution >= 0.6 is 0 Å². The van der Waals surface area contributed by atoms with E-state index in [1.165, 1.54) is 22.4 Å².